The van der Waals surface area contributed by atoms with Gasteiger partial charge in [0.1, 0.15) is 12.4 Å². The Morgan fingerprint density at radius 2 is 1.45 bits per heavy atom. The summed E-state index contributed by atoms with van der Waals surface area (Å²) in [6.07, 6.45) is 1.56. The highest BCUT2D eigenvalue weighted by Crippen LogP contribution is 2.37. The predicted molar refractivity (Wildman–Crippen MR) is 150 cm³/mol. The number of nitrogens with zero attached hydrogens (tertiary/aromatic N) is 2. The third-order valence-corrected chi connectivity index (χ3v) is 11.4. The van der Waals surface area contributed by atoms with Crippen molar-refractivity contribution in [3.05, 3.63) is 108 Å². The second-order valence-corrected chi connectivity index (χ2v) is 14.3. The molecule has 0 saturated heterocycles. The van der Waals surface area contributed by atoms with Crippen LogP contribution in [0.1, 0.15) is 42.5 Å². The van der Waals surface area contributed by atoms with E-state index in [1.165, 1.54) is 0 Å². The maximum atomic E-state index is 11.8. The van der Waals surface area contributed by atoms with Crippen LogP contribution in [0.4, 0.5) is 0 Å². The number of amides is 1. The van der Waals surface area contributed by atoms with Crippen molar-refractivity contribution in [3.8, 4) is 11.6 Å². The van der Waals surface area contributed by atoms with Gasteiger partial charge in [0.05, 0.1) is 19.3 Å². The summed E-state index contributed by atoms with van der Waals surface area (Å²) in [5, 5.41) is 2.12. The predicted octanol–water partition coefficient (Wildman–Crippen LogP) is 4.24. The topological polar surface area (TPSA) is 96.6 Å². The number of carbonyl (C=O) groups excluding carboxylic acids is 1. The summed E-state index contributed by atoms with van der Waals surface area (Å²) in [4.78, 5) is 20.3. The van der Waals surface area contributed by atoms with Crippen LogP contribution in [0, 0.1) is 0 Å². The third kappa shape index (κ3) is 5.77. The number of carbonyl (C=O) groups is 1. The van der Waals surface area contributed by atoms with Crippen LogP contribution in [0.15, 0.2) is 91.1 Å². The van der Waals surface area contributed by atoms with E-state index < -0.39 is 14.2 Å². The van der Waals surface area contributed by atoms with Crippen molar-refractivity contribution in [2.75, 3.05) is 7.11 Å². The van der Waals surface area contributed by atoms with Crippen molar-refractivity contribution >= 4 is 24.6 Å². The number of hydrogen-bond donors (Lipinski definition) is 1. The maximum Gasteiger partial charge on any atom is 0.286 e. The van der Waals surface area contributed by atoms with E-state index in [-0.39, 0.29) is 30.0 Å². The Morgan fingerprint density at radius 1 is 0.868 bits per heavy atom. The van der Waals surface area contributed by atoms with Crippen molar-refractivity contribution in [2.45, 2.75) is 39.0 Å². The van der Waals surface area contributed by atoms with E-state index in [2.05, 4.69) is 55.0 Å². The molecular weight excluding hydrogens is 494 g/mol. The van der Waals surface area contributed by atoms with E-state index in [1.54, 1.807) is 13.3 Å². The zero-order valence-electron chi connectivity index (χ0n) is 22.2. The Morgan fingerprint density at radius 3 is 1.95 bits per heavy atom. The zero-order valence-corrected chi connectivity index (χ0v) is 23.2. The fourth-order valence-electron chi connectivity index (χ4n) is 4.55. The van der Waals surface area contributed by atoms with Crippen molar-refractivity contribution < 1.29 is 18.7 Å². The number of benzene rings is 3. The van der Waals surface area contributed by atoms with Crippen LogP contribution in [0.25, 0.3) is 0 Å². The first-order chi connectivity index (χ1) is 18.2. The first kappa shape index (κ1) is 27.0. The van der Waals surface area contributed by atoms with Gasteiger partial charge in [0.25, 0.3) is 14.2 Å². The molecule has 4 rings (SSSR count). The third-order valence-electron chi connectivity index (χ3n) is 6.44. The Hall–Kier alpha value is -4.01. The van der Waals surface area contributed by atoms with E-state index in [4.69, 9.17) is 19.6 Å². The molecule has 1 heterocycles. The molecular formula is C30H33N3O4Si. The summed E-state index contributed by atoms with van der Waals surface area (Å²) in [5.74, 6) is 0.191. The lowest BCUT2D eigenvalue weighted by atomic mass is 10.2. The molecule has 0 aliphatic rings. The van der Waals surface area contributed by atoms with Gasteiger partial charge in [-0.3, -0.25) is 4.79 Å². The molecule has 0 aliphatic carbocycles. The molecule has 4 aromatic rings. The maximum absolute atomic E-state index is 11.8. The molecule has 2 N–H and O–H groups in total. The van der Waals surface area contributed by atoms with Crippen LogP contribution >= 0.6 is 0 Å². The van der Waals surface area contributed by atoms with Crippen molar-refractivity contribution in [3.63, 3.8) is 0 Å². The van der Waals surface area contributed by atoms with Crippen LogP contribution in [-0.2, 0) is 17.6 Å². The normalized spacial score (nSPS) is 11.7. The molecule has 8 heteroatoms. The van der Waals surface area contributed by atoms with Gasteiger partial charge in [-0.2, -0.15) is 4.98 Å². The van der Waals surface area contributed by atoms with Gasteiger partial charge in [0, 0.05) is 6.20 Å². The number of nitrogens with two attached hydrogens (primary N) is 1. The quantitative estimate of drug-likeness (QED) is 0.310. The number of hydrogen-bond acceptors (Lipinski definition) is 6. The lowest BCUT2D eigenvalue weighted by Crippen LogP contribution is -2.66. The summed E-state index contributed by atoms with van der Waals surface area (Å²) in [5.41, 5.74) is 7.02. The molecule has 0 atom stereocenters. The Kier molecular flexibility index (Phi) is 8.24. The highest BCUT2D eigenvalue weighted by Gasteiger charge is 2.50. The SMILES string of the molecule is COc1ccc(COc2nc(C(N)=O)ncc2CO[Si](c2ccccc2)(c2ccccc2)C(C)(C)C)cc1. The van der Waals surface area contributed by atoms with E-state index >= 15 is 0 Å². The number of methoxy groups -OCH3 is 1. The molecule has 0 bridgehead atoms. The van der Waals surface area contributed by atoms with Gasteiger partial charge in [-0.15, -0.1) is 0 Å². The van der Waals surface area contributed by atoms with Crippen molar-refractivity contribution in [1.82, 2.24) is 9.97 Å². The fourth-order valence-corrected chi connectivity index (χ4v) is 9.08. The number of aromatic nitrogens is 2. The zero-order chi connectivity index (χ0) is 27.2. The molecule has 7 nitrogen and oxygen atoms in total. The van der Waals surface area contributed by atoms with Crippen molar-refractivity contribution in [2.24, 2.45) is 5.73 Å². The fraction of sp³-hybridized carbons (Fsp3) is 0.233. The Bertz CT molecular complexity index is 1320. The number of primary amides is 1. The average molecular weight is 528 g/mol. The molecule has 1 aromatic heterocycles. The minimum atomic E-state index is -2.80. The minimum Gasteiger partial charge on any atom is -0.497 e. The minimum absolute atomic E-state index is 0.107. The molecule has 3 aromatic carbocycles. The van der Waals surface area contributed by atoms with Gasteiger partial charge in [-0.25, -0.2) is 4.98 Å². The van der Waals surface area contributed by atoms with Crippen LogP contribution < -0.4 is 25.6 Å². The summed E-state index contributed by atoms with van der Waals surface area (Å²) < 4.78 is 18.3. The summed E-state index contributed by atoms with van der Waals surface area (Å²) in [7, 11) is -1.18. The molecule has 38 heavy (non-hydrogen) atoms. The van der Waals surface area contributed by atoms with Crippen LogP contribution in [0.2, 0.25) is 5.04 Å². The van der Waals surface area contributed by atoms with Crippen LogP contribution in [0.5, 0.6) is 11.6 Å². The van der Waals surface area contributed by atoms with E-state index in [1.807, 2.05) is 60.7 Å². The van der Waals surface area contributed by atoms with E-state index in [0.29, 0.717) is 5.56 Å². The smallest absolute Gasteiger partial charge is 0.286 e. The lowest BCUT2D eigenvalue weighted by Gasteiger charge is -2.43. The molecule has 196 valence electrons. The van der Waals surface area contributed by atoms with Crippen molar-refractivity contribution in [1.29, 1.82) is 0 Å². The molecule has 0 fully saturated rings. The van der Waals surface area contributed by atoms with Gasteiger partial charge < -0.3 is 19.6 Å². The molecule has 0 saturated carbocycles. The lowest BCUT2D eigenvalue weighted by molar-refractivity contribution is 0.0988. The van der Waals surface area contributed by atoms with Gasteiger partial charge in [0.2, 0.25) is 11.7 Å². The standard InChI is InChI=1S/C30H33N3O4Si/c1-30(2,3)38(25-11-7-5-8-12-25,26-13-9-6-10-14-26)37-21-23-19-32-28(27(31)34)33-29(23)36-20-22-15-17-24(35-4)18-16-22/h5-19H,20-21H2,1-4H3,(H2,31,34). The van der Waals surface area contributed by atoms with E-state index in [9.17, 15) is 4.79 Å². The molecule has 0 radical (unpaired) electrons. The highest BCUT2D eigenvalue weighted by atomic mass is 28.4. The average Bonchev–Trinajstić information content (AvgIpc) is 2.93. The molecule has 1 amide bonds. The molecule has 0 unspecified atom stereocenters. The van der Waals surface area contributed by atoms with Gasteiger partial charge in [-0.1, -0.05) is 93.6 Å². The largest absolute Gasteiger partial charge is 0.497 e. The highest BCUT2D eigenvalue weighted by molar-refractivity contribution is 6.99. The summed E-state index contributed by atoms with van der Waals surface area (Å²) >= 11 is 0. The van der Waals surface area contributed by atoms with E-state index in [0.717, 1.165) is 21.7 Å². The molecule has 0 spiro atoms. The second kappa shape index (κ2) is 11.6. The van der Waals surface area contributed by atoms with Gasteiger partial charge in [0.15, 0.2) is 0 Å². The number of ether oxygens (including phenoxy) is 2. The second-order valence-electron chi connectivity index (χ2n) is 9.98. The Labute approximate surface area is 224 Å². The summed E-state index contributed by atoms with van der Waals surface area (Å²) in [6.45, 7) is 7.09. The molecule has 0 aliphatic heterocycles. The van der Waals surface area contributed by atoms with Gasteiger partial charge >= 0.3 is 0 Å². The van der Waals surface area contributed by atoms with Crippen LogP contribution in [-0.4, -0.2) is 31.3 Å². The monoisotopic (exact) mass is 527 g/mol. The number of rotatable bonds is 10. The van der Waals surface area contributed by atoms with Gasteiger partial charge in [-0.05, 0) is 33.1 Å². The van der Waals surface area contributed by atoms with Crippen LogP contribution in [0.3, 0.4) is 0 Å². The first-order valence-corrected chi connectivity index (χ1v) is 14.3. The Balaban J connectivity index is 1.71. The summed E-state index contributed by atoms with van der Waals surface area (Å²) in [6, 6.07) is 28.3. The first-order valence-electron chi connectivity index (χ1n) is 12.4.